The fraction of sp³-hybridized carbons (Fsp3) is 0.250. The Morgan fingerprint density at radius 1 is 1.33 bits per heavy atom. The van der Waals surface area contributed by atoms with Gasteiger partial charge in [0.2, 0.25) is 0 Å². The average molecular weight is 201 g/mol. The first-order valence-electron chi connectivity index (χ1n) is 4.83. The maximum Gasteiger partial charge on any atom is 0.141 e. The highest BCUT2D eigenvalue weighted by Gasteiger charge is 2.10. The van der Waals surface area contributed by atoms with E-state index in [1.54, 1.807) is 22.9 Å². The zero-order chi connectivity index (χ0) is 11.0. The number of aromatic hydroxyl groups is 1. The van der Waals surface area contributed by atoms with Gasteiger partial charge in [0, 0.05) is 5.69 Å². The molecule has 0 saturated heterocycles. The molecular weight excluding hydrogens is 188 g/mol. The Bertz CT molecular complexity index is 500. The van der Waals surface area contributed by atoms with Gasteiger partial charge in [-0.1, -0.05) is 6.07 Å². The van der Waals surface area contributed by atoms with Crippen molar-refractivity contribution in [1.82, 2.24) is 9.78 Å². The van der Waals surface area contributed by atoms with Crippen LogP contribution in [0.25, 0.3) is 5.69 Å². The molecule has 3 nitrogen and oxygen atoms in total. The maximum absolute atomic E-state index is 9.70. The molecule has 0 amide bonds. The van der Waals surface area contributed by atoms with Gasteiger partial charge in [-0.15, -0.1) is 0 Å². The number of aromatic nitrogens is 2. The van der Waals surface area contributed by atoms with Crippen molar-refractivity contribution in [2.24, 2.45) is 0 Å². The Hall–Kier alpha value is -1.77. The van der Waals surface area contributed by atoms with Crippen molar-refractivity contribution in [3.63, 3.8) is 0 Å². The molecule has 1 radical (unpaired) electrons. The summed E-state index contributed by atoms with van der Waals surface area (Å²) in [4.78, 5) is 0. The molecule has 2 rings (SSSR count). The third kappa shape index (κ3) is 1.50. The van der Waals surface area contributed by atoms with Crippen molar-refractivity contribution in [3.8, 4) is 11.4 Å². The summed E-state index contributed by atoms with van der Waals surface area (Å²) < 4.78 is 1.76. The molecule has 0 unspecified atom stereocenters. The van der Waals surface area contributed by atoms with Crippen LogP contribution in [-0.4, -0.2) is 14.9 Å². The van der Waals surface area contributed by atoms with Crippen LogP contribution in [0.2, 0.25) is 0 Å². The van der Waals surface area contributed by atoms with E-state index in [0.717, 1.165) is 17.0 Å². The van der Waals surface area contributed by atoms with E-state index in [1.807, 2.05) is 20.8 Å². The van der Waals surface area contributed by atoms with Crippen LogP contribution in [0.4, 0.5) is 0 Å². The summed E-state index contributed by atoms with van der Waals surface area (Å²) in [6, 6.07) is 7.93. The van der Waals surface area contributed by atoms with Crippen LogP contribution >= 0.6 is 0 Å². The molecule has 77 valence electrons. The van der Waals surface area contributed by atoms with Gasteiger partial charge in [-0.2, -0.15) is 5.10 Å². The average Bonchev–Trinajstić information content (AvgIpc) is 2.47. The molecule has 0 aliphatic carbocycles. The van der Waals surface area contributed by atoms with E-state index in [2.05, 4.69) is 11.2 Å². The van der Waals surface area contributed by atoms with Gasteiger partial charge < -0.3 is 5.11 Å². The SMILES string of the molecule is Cc1nn(-c2cc[c]cc2O)c(C)c1C. The van der Waals surface area contributed by atoms with Gasteiger partial charge in [-0.3, -0.25) is 0 Å². The van der Waals surface area contributed by atoms with Gasteiger partial charge in [0.1, 0.15) is 11.4 Å². The predicted molar refractivity (Wildman–Crippen MR) is 58.3 cm³/mol. The highest BCUT2D eigenvalue weighted by atomic mass is 16.3. The molecule has 0 fully saturated rings. The van der Waals surface area contributed by atoms with E-state index in [9.17, 15) is 5.11 Å². The summed E-state index contributed by atoms with van der Waals surface area (Å²) in [5.74, 6) is 0.197. The highest BCUT2D eigenvalue weighted by Crippen LogP contribution is 2.23. The summed E-state index contributed by atoms with van der Waals surface area (Å²) in [6.07, 6.45) is 0. The first kappa shape index (κ1) is 9.77. The van der Waals surface area contributed by atoms with Crippen molar-refractivity contribution in [3.05, 3.63) is 41.2 Å². The van der Waals surface area contributed by atoms with Crippen LogP contribution < -0.4 is 0 Å². The van der Waals surface area contributed by atoms with Gasteiger partial charge in [0.25, 0.3) is 0 Å². The first-order valence-corrected chi connectivity index (χ1v) is 4.83. The Morgan fingerprint density at radius 2 is 2.07 bits per heavy atom. The van der Waals surface area contributed by atoms with Gasteiger partial charge in [-0.25, -0.2) is 4.68 Å². The lowest BCUT2D eigenvalue weighted by molar-refractivity contribution is 0.469. The molecule has 0 aliphatic heterocycles. The number of phenolic OH excluding ortho intramolecular Hbond substituents is 1. The topological polar surface area (TPSA) is 38.0 Å². The summed E-state index contributed by atoms with van der Waals surface area (Å²) in [5.41, 5.74) is 3.89. The molecule has 15 heavy (non-hydrogen) atoms. The van der Waals surface area contributed by atoms with Crippen LogP contribution in [0.1, 0.15) is 17.0 Å². The van der Waals surface area contributed by atoms with Gasteiger partial charge in [-0.05, 0) is 44.5 Å². The largest absolute Gasteiger partial charge is 0.506 e. The zero-order valence-corrected chi connectivity index (χ0v) is 9.07. The smallest absolute Gasteiger partial charge is 0.141 e. The van der Waals surface area contributed by atoms with Gasteiger partial charge >= 0.3 is 0 Å². The van der Waals surface area contributed by atoms with Gasteiger partial charge in [0.15, 0.2) is 0 Å². The second-order valence-corrected chi connectivity index (χ2v) is 3.62. The zero-order valence-electron chi connectivity index (χ0n) is 9.07. The molecule has 0 bridgehead atoms. The minimum atomic E-state index is 0.197. The second-order valence-electron chi connectivity index (χ2n) is 3.62. The van der Waals surface area contributed by atoms with Crippen LogP contribution in [-0.2, 0) is 0 Å². The van der Waals surface area contributed by atoms with Crippen LogP contribution in [0.5, 0.6) is 5.75 Å². The molecule has 2 aromatic rings. The molecule has 0 spiro atoms. The normalized spacial score (nSPS) is 10.6. The van der Waals surface area contributed by atoms with Crippen molar-refractivity contribution >= 4 is 0 Å². The van der Waals surface area contributed by atoms with E-state index < -0.39 is 0 Å². The first-order chi connectivity index (χ1) is 7.11. The molecule has 1 heterocycles. The number of hydrogen-bond donors (Lipinski definition) is 1. The number of hydrogen-bond acceptors (Lipinski definition) is 2. The molecule has 1 N–H and O–H groups in total. The Balaban J connectivity index is 2.65. The highest BCUT2D eigenvalue weighted by molar-refractivity contribution is 5.46. The fourth-order valence-corrected chi connectivity index (χ4v) is 1.55. The van der Waals surface area contributed by atoms with Crippen molar-refractivity contribution in [1.29, 1.82) is 0 Å². The summed E-state index contributed by atoms with van der Waals surface area (Å²) >= 11 is 0. The standard InChI is InChI=1S/C12H13N2O/c1-8-9(2)13-14(10(8)3)11-6-4-5-7-12(11)15/h4,6-7,15H,1-3H3. The summed E-state index contributed by atoms with van der Waals surface area (Å²) in [5, 5.41) is 14.1. The Kier molecular flexibility index (Phi) is 2.23. The predicted octanol–water partition coefficient (Wildman–Crippen LogP) is 2.30. The van der Waals surface area contributed by atoms with Crippen LogP contribution in [0.3, 0.4) is 0 Å². The molecule has 1 aromatic carbocycles. The quantitative estimate of drug-likeness (QED) is 0.768. The number of phenols is 1. The number of nitrogens with zero attached hydrogens (tertiary/aromatic N) is 2. The monoisotopic (exact) mass is 201 g/mol. The third-order valence-electron chi connectivity index (χ3n) is 2.70. The van der Waals surface area contributed by atoms with Crippen LogP contribution in [0, 0.1) is 26.8 Å². The Labute approximate surface area is 89.0 Å². The van der Waals surface area contributed by atoms with Crippen molar-refractivity contribution < 1.29 is 5.11 Å². The lowest BCUT2D eigenvalue weighted by Crippen LogP contribution is -1.99. The van der Waals surface area contributed by atoms with E-state index in [0.29, 0.717) is 5.69 Å². The van der Waals surface area contributed by atoms with E-state index >= 15 is 0 Å². The third-order valence-corrected chi connectivity index (χ3v) is 2.70. The van der Waals surface area contributed by atoms with E-state index in [-0.39, 0.29) is 5.75 Å². The van der Waals surface area contributed by atoms with Crippen molar-refractivity contribution in [2.45, 2.75) is 20.8 Å². The molecular formula is C12H13N2O. The molecule has 0 atom stereocenters. The molecule has 0 saturated carbocycles. The summed E-state index contributed by atoms with van der Waals surface area (Å²) in [7, 11) is 0. The summed E-state index contributed by atoms with van der Waals surface area (Å²) in [6.45, 7) is 5.98. The molecule has 3 heteroatoms. The van der Waals surface area contributed by atoms with Gasteiger partial charge in [0.05, 0.1) is 5.69 Å². The maximum atomic E-state index is 9.70. The minimum absolute atomic E-state index is 0.197. The Morgan fingerprint density at radius 3 is 2.60 bits per heavy atom. The molecule has 1 aromatic heterocycles. The van der Waals surface area contributed by atoms with Crippen LogP contribution in [0.15, 0.2) is 18.2 Å². The molecule has 0 aliphatic rings. The number of rotatable bonds is 1. The van der Waals surface area contributed by atoms with E-state index in [4.69, 9.17) is 0 Å². The minimum Gasteiger partial charge on any atom is -0.506 e. The number of aryl methyl sites for hydroxylation is 1. The lowest BCUT2D eigenvalue weighted by atomic mass is 10.2. The van der Waals surface area contributed by atoms with Crippen molar-refractivity contribution in [2.75, 3.05) is 0 Å². The lowest BCUT2D eigenvalue weighted by Gasteiger charge is -2.06. The van der Waals surface area contributed by atoms with E-state index in [1.165, 1.54) is 0 Å². The second kappa shape index (κ2) is 3.42. The fourth-order valence-electron chi connectivity index (χ4n) is 1.55. The number of benzene rings is 1.